The average Bonchev–Trinajstić information content (AvgIpc) is 2.34. The van der Waals surface area contributed by atoms with E-state index in [2.05, 4.69) is 5.32 Å². The van der Waals surface area contributed by atoms with E-state index in [4.69, 9.17) is 4.74 Å². The Morgan fingerprint density at radius 1 is 1.35 bits per heavy atom. The van der Waals surface area contributed by atoms with Crippen molar-refractivity contribution < 1.29 is 14.2 Å². The van der Waals surface area contributed by atoms with Gasteiger partial charge in [-0.2, -0.15) is 0 Å². The first kappa shape index (κ1) is 12.2. The van der Waals surface area contributed by atoms with Crippen LogP contribution in [0.15, 0.2) is 18.2 Å². The molecule has 0 heterocycles. The number of aliphatic hydroxyl groups excluding tert-OH is 1. The first-order valence-electron chi connectivity index (χ1n) is 5.99. The highest BCUT2D eigenvalue weighted by molar-refractivity contribution is 5.49. The molecule has 1 aliphatic carbocycles. The summed E-state index contributed by atoms with van der Waals surface area (Å²) in [6, 6.07) is 4.71. The molecule has 1 saturated carbocycles. The normalized spacial score (nSPS) is 24.4. The van der Waals surface area contributed by atoms with Crippen molar-refractivity contribution in [3.8, 4) is 5.75 Å². The van der Waals surface area contributed by atoms with Crippen LogP contribution in [0.25, 0.3) is 0 Å². The molecule has 0 saturated heterocycles. The summed E-state index contributed by atoms with van der Waals surface area (Å²) in [4.78, 5) is 0. The summed E-state index contributed by atoms with van der Waals surface area (Å²) < 4.78 is 18.1. The number of benzene rings is 1. The van der Waals surface area contributed by atoms with E-state index in [1.807, 2.05) is 0 Å². The molecule has 0 spiro atoms. The summed E-state index contributed by atoms with van der Waals surface area (Å²) in [5, 5.41) is 13.1. The summed E-state index contributed by atoms with van der Waals surface area (Å²) in [5.41, 5.74) is 0.786. The lowest BCUT2D eigenvalue weighted by molar-refractivity contribution is 0.116. The molecule has 94 valence electrons. The summed E-state index contributed by atoms with van der Waals surface area (Å²) in [6.07, 6.45) is 3.65. The number of ether oxygens (including phenoxy) is 1. The molecule has 0 bridgehead atoms. The molecule has 0 amide bonds. The van der Waals surface area contributed by atoms with E-state index in [1.54, 1.807) is 12.1 Å². The largest absolute Gasteiger partial charge is 0.494 e. The van der Waals surface area contributed by atoms with E-state index >= 15 is 0 Å². The zero-order valence-electron chi connectivity index (χ0n) is 9.95. The predicted molar refractivity (Wildman–Crippen MR) is 64.8 cm³/mol. The van der Waals surface area contributed by atoms with Gasteiger partial charge in [0.2, 0.25) is 0 Å². The van der Waals surface area contributed by atoms with Crippen LogP contribution in [0.5, 0.6) is 5.75 Å². The smallest absolute Gasteiger partial charge is 0.165 e. The van der Waals surface area contributed by atoms with Crippen LogP contribution in [0.1, 0.15) is 25.7 Å². The van der Waals surface area contributed by atoms with Gasteiger partial charge in [-0.15, -0.1) is 0 Å². The quantitative estimate of drug-likeness (QED) is 0.851. The fraction of sp³-hybridized carbons (Fsp3) is 0.538. The Morgan fingerprint density at radius 3 is 2.82 bits per heavy atom. The SMILES string of the molecule is COc1cc(NC2CCCCC2O)ccc1F. The van der Waals surface area contributed by atoms with E-state index < -0.39 is 0 Å². The number of hydrogen-bond donors (Lipinski definition) is 2. The molecule has 1 aliphatic rings. The number of rotatable bonds is 3. The van der Waals surface area contributed by atoms with Crippen LogP contribution in [-0.4, -0.2) is 24.4 Å². The van der Waals surface area contributed by atoms with Gasteiger partial charge in [-0.05, 0) is 25.0 Å². The number of methoxy groups -OCH3 is 1. The Kier molecular flexibility index (Phi) is 3.84. The predicted octanol–water partition coefficient (Wildman–Crippen LogP) is 2.55. The van der Waals surface area contributed by atoms with Crippen LogP contribution in [-0.2, 0) is 0 Å². The zero-order valence-corrected chi connectivity index (χ0v) is 9.95. The van der Waals surface area contributed by atoms with Crippen molar-refractivity contribution in [2.24, 2.45) is 0 Å². The lowest BCUT2D eigenvalue weighted by Gasteiger charge is -2.29. The third-order valence-corrected chi connectivity index (χ3v) is 3.23. The minimum Gasteiger partial charge on any atom is -0.494 e. The van der Waals surface area contributed by atoms with Crippen molar-refractivity contribution in [2.45, 2.75) is 37.8 Å². The first-order chi connectivity index (χ1) is 8.20. The van der Waals surface area contributed by atoms with E-state index in [9.17, 15) is 9.50 Å². The van der Waals surface area contributed by atoms with Gasteiger partial charge in [-0.1, -0.05) is 12.8 Å². The Hall–Kier alpha value is -1.29. The second kappa shape index (κ2) is 5.36. The molecule has 2 atom stereocenters. The Balaban J connectivity index is 2.07. The second-order valence-corrected chi connectivity index (χ2v) is 4.45. The molecule has 0 aromatic heterocycles. The molecule has 3 nitrogen and oxygen atoms in total. The van der Waals surface area contributed by atoms with Gasteiger partial charge in [0.1, 0.15) is 0 Å². The molecule has 0 aliphatic heterocycles. The Labute approximate surface area is 101 Å². The Morgan fingerprint density at radius 2 is 2.12 bits per heavy atom. The topological polar surface area (TPSA) is 41.5 Å². The van der Waals surface area contributed by atoms with Crippen molar-refractivity contribution in [2.75, 3.05) is 12.4 Å². The number of anilines is 1. The lowest BCUT2D eigenvalue weighted by atomic mass is 9.92. The molecule has 2 unspecified atom stereocenters. The standard InChI is InChI=1S/C13H18FNO2/c1-17-13-8-9(6-7-10(13)14)15-11-4-2-3-5-12(11)16/h6-8,11-12,15-16H,2-5H2,1H3. The minimum atomic E-state index is -0.373. The number of aliphatic hydroxyl groups is 1. The average molecular weight is 239 g/mol. The van der Waals surface area contributed by atoms with Gasteiger partial charge < -0.3 is 15.2 Å². The molecule has 0 radical (unpaired) electrons. The molecule has 1 fully saturated rings. The number of hydrogen-bond acceptors (Lipinski definition) is 3. The molecular weight excluding hydrogens is 221 g/mol. The van der Waals surface area contributed by atoms with Crippen LogP contribution in [0.2, 0.25) is 0 Å². The first-order valence-corrected chi connectivity index (χ1v) is 5.99. The van der Waals surface area contributed by atoms with E-state index in [1.165, 1.54) is 13.2 Å². The van der Waals surface area contributed by atoms with Crippen LogP contribution < -0.4 is 10.1 Å². The second-order valence-electron chi connectivity index (χ2n) is 4.45. The van der Waals surface area contributed by atoms with Crippen LogP contribution in [0.3, 0.4) is 0 Å². The maximum Gasteiger partial charge on any atom is 0.165 e. The Bertz CT molecular complexity index is 384. The van der Waals surface area contributed by atoms with Crippen molar-refractivity contribution in [1.29, 1.82) is 0 Å². The molecule has 2 N–H and O–H groups in total. The molecule has 1 aromatic rings. The van der Waals surface area contributed by atoms with Gasteiger partial charge in [0.15, 0.2) is 11.6 Å². The maximum atomic E-state index is 13.2. The highest BCUT2D eigenvalue weighted by Gasteiger charge is 2.22. The molecule has 2 rings (SSSR count). The third-order valence-electron chi connectivity index (χ3n) is 3.23. The van der Waals surface area contributed by atoms with Gasteiger partial charge in [0.05, 0.1) is 19.3 Å². The summed E-state index contributed by atoms with van der Waals surface area (Å²) in [7, 11) is 1.44. The van der Waals surface area contributed by atoms with Crippen molar-refractivity contribution in [1.82, 2.24) is 0 Å². The van der Waals surface area contributed by atoms with Crippen molar-refractivity contribution >= 4 is 5.69 Å². The molecule has 17 heavy (non-hydrogen) atoms. The highest BCUT2D eigenvalue weighted by atomic mass is 19.1. The highest BCUT2D eigenvalue weighted by Crippen LogP contribution is 2.25. The molecule has 1 aromatic carbocycles. The van der Waals surface area contributed by atoms with Gasteiger partial charge in [-0.25, -0.2) is 4.39 Å². The summed E-state index contributed by atoms with van der Waals surface area (Å²) in [5.74, 6) is -0.150. The van der Waals surface area contributed by atoms with Gasteiger partial charge in [0, 0.05) is 11.8 Å². The van der Waals surface area contributed by atoms with E-state index in [0.717, 1.165) is 31.4 Å². The van der Waals surface area contributed by atoms with Gasteiger partial charge in [-0.3, -0.25) is 0 Å². The fourth-order valence-corrected chi connectivity index (χ4v) is 2.24. The van der Waals surface area contributed by atoms with Gasteiger partial charge in [0.25, 0.3) is 0 Å². The zero-order chi connectivity index (χ0) is 12.3. The number of nitrogens with one attached hydrogen (secondary N) is 1. The summed E-state index contributed by atoms with van der Waals surface area (Å²) >= 11 is 0. The monoisotopic (exact) mass is 239 g/mol. The third kappa shape index (κ3) is 2.88. The van der Waals surface area contributed by atoms with E-state index in [0.29, 0.717) is 0 Å². The van der Waals surface area contributed by atoms with Crippen LogP contribution in [0, 0.1) is 5.82 Å². The number of halogens is 1. The van der Waals surface area contributed by atoms with Crippen LogP contribution >= 0.6 is 0 Å². The van der Waals surface area contributed by atoms with Crippen LogP contribution in [0.4, 0.5) is 10.1 Å². The van der Waals surface area contributed by atoms with Crippen molar-refractivity contribution in [3.63, 3.8) is 0 Å². The van der Waals surface area contributed by atoms with Gasteiger partial charge >= 0.3 is 0 Å². The lowest BCUT2D eigenvalue weighted by Crippen LogP contribution is -2.36. The molecular formula is C13H18FNO2. The minimum absolute atomic E-state index is 0.0546. The molecule has 4 heteroatoms. The maximum absolute atomic E-state index is 13.2. The van der Waals surface area contributed by atoms with Crippen molar-refractivity contribution in [3.05, 3.63) is 24.0 Å². The van der Waals surface area contributed by atoms with E-state index in [-0.39, 0.29) is 23.7 Å². The fourth-order valence-electron chi connectivity index (χ4n) is 2.24. The summed E-state index contributed by atoms with van der Waals surface area (Å²) in [6.45, 7) is 0.